The molecule has 5 N–H and O–H groups in total. The number of hydrogen-bond acceptors (Lipinski definition) is 7. The molecular formula is C18H24N6O4. The molecule has 0 fully saturated rings. The van der Waals surface area contributed by atoms with Crippen LogP contribution in [0.2, 0.25) is 0 Å². The number of aryl methyl sites for hydroxylation is 2. The number of H-pyrrole nitrogens is 1. The summed E-state index contributed by atoms with van der Waals surface area (Å²) in [6.45, 7) is 2.78. The van der Waals surface area contributed by atoms with Crippen molar-refractivity contribution in [3.05, 3.63) is 50.7 Å². The number of imidazole rings is 1. The maximum Gasteiger partial charge on any atom is 0.329 e. The molecule has 0 spiro atoms. The van der Waals surface area contributed by atoms with Crippen molar-refractivity contribution in [2.75, 3.05) is 25.0 Å². The standard InChI is InChI=1S/C18H24N6O4/c1-11-5-3-4-6-13(11)28-10-12(25)9-24-14-15(21-17(24)20-8-7-19)23(2)18(27)22-16(14)26/h3-6,12,25H,7-10,19H2,1-2H3,(H,20,21)(H,22,26,27)/t12-/m1/s1. The molecule has 0 aliphatic heterocycles. The van der Waals surface area contributed by atoms with Crippen LogP contribution in [-0.4, -0.2) is 50.0 Å². The normalized spacial score (nSPS) is 12.3. The number of fused-ring (bicyclic) bond motifs is 1. The minimum atomic E-state index is -0.910. The molecule has 150 valence electrons. The van der Waals surface area contributed by atoms with Crippen molar-refractivity contribution in [1.82, 2.24) is 19.1 Å². The molecule has 0 aliphatic carbocycles. The topological polar surface area (TPSA) is 140 Å². The third-order valence-corrected chi connectivity index (χ3v) is 4.35. The molecule has 2 heterocycles. The maximum atomic E-state index is 12.4. The fourth-order valence-corrected chi connectivity index (χ4v) is 2.90. The number of nitrogens with two attached hydrogens (primary N) is 1. The summed E-state index contributed by atoms with van der Waals surface area (Å²) in [7, 11) is 1.52. The van der Waals surface area contributed by atoms with Gasteiger partial charge in [0, 0.05) is 20.1 Å². The van der Waals surface area contributed by atoms with Gasteiger partial charge in [0.05, 0.1) is 6.54 Å². The van der Waals surface area contributed by atoms with E-state index in [0.29, 0.717) is 24.8 Å². The number of nitrogens with one attached hydrogen (secondary N) is 2. The second-order valence-electron chi connectivity index (χ2n) is 6.48. The highest BCUT2D eigenvalue weighted by molar-refractivity contribution is 5.74. The Balaban J connectivity index is 1.90. The number of aromatic amines is 1. The molecule has 0 bridgehead atoms. The minimum Gasteiger partial charge on any atom is -0.491 e. The van der Waals surface area contributed by atoms with Crippen LogP contribution in [0, 0.1) is 6.92 Å². The highest BCUT2D eigenvalue weighted by atomic mass is 16.5. The van der Waals surface area contributed by atoms with Gasteiger partial charge in [0.25, 0.3) is 5.56 Å². The molecule has 1 aromatic carbocycles. The number of aliphatic hydroxyl groups excluding tert-OH is 1. The van der Waals surface area contributed by atoms with Gasteiger partial charge in [-0.25, -0.2) is 4.79 Å². The fraction of sp³-hybridized carbons (Fsp3) is 0.389. The first-order chi connectivity index (χ1) is 13.4. The Morgan fingerprint density at radius 2 is 2.11 bits per heavy atom. The average Bonchev–Trinajstić information content (AvgIpc) is 3.02. The van der Waals surface area contributed by atoms with Gasteiger partial charge in [0.15, 0.2) is 11.2 Å². The number of aliphatic hydroxyl groups is 1. The molecule has 0 unspecified atom stereocenters. The predicted molar refractivity (Wildman–Crippen MR) is 106 cm³/mol. The molecule has 3 rings (SSSR count). The first kappa shape index (κ1) is 19.6. The molecule has 0 radical (unpaired) electrons. The number of benzene rings is 1. The largest absolute Gasteiger partial charge is 0.491 e. The van der Waals surface area contributed by atoms with Crippen molar-refractivity contribution in [3.8, 4) is 5.75 Å². The number of nitrogens with zero attached hydrogens (tertiary/aromatic N) is 3. The van der Waals surface area contributed by atoms with Crippen molar-refractivity contribution < 1.29 is 9.84 Å². The first-order valence-corrected chi connectivity index (χ1v) is 8.92. The number of ether oxygens (including phenoxy) is 1. The minimum absolute atomic E-state index is 0.0323. The number of para-hydroxylation sites is 1. The average molecular weight is 388 g/mol. The lowest BCUT2D eigenvalue weighted by molar-refractivity contribution is 0.0935. The van der Waals surface area contributed by atoms with Gasteiger partial charge in [-0.3, -0.25) is 14.3 Å². The van der Waals surface area contributed by atoms with Gasteiger partial charge in [0.1, 0.15) is 18.5 Å². The van der Waals surface area contributed by atoms with Crippen molar-refractivity contribution in [2.24, 2.45) is 12.8 Å². The summed E-state index contributed by atoms with van der Waals surface area (Å²) in [6.07, 6.45) is -0.910. The van der Waals surface area contributed by atoms with E-state index in [2.05, 4.69) is 15.3 Å². The van der Waals surface area contributed by atoms with Crippen LogP contribution < -0.4 is 27.0 Å². The van der Waals surface area contributed by atoms with Gasteiger partial charge in [-0.2, -0.15) is 4.98 Å². The Bertz CT molecular complexity index is 1080. The molecule has 3 aromatic rings. The zero-order valence-corrected chi connectivity index (χ0v) is 15.8. The zero-order valence-electron chi connectivity index (χ0n) is 15.8. The molecule has 10 nitrogen and oxygen atoms in total. The highest BCUT2D eigenvalue weighted by Gasteiger charge is 2.19. The number of anilines is 1. The van der Waals surface area contributed by atoms with Gasteiger partial charge in [-0.1, -0.05) is 18.2 Å². The lowest BCUT2D eigenvalue weighted by Crippen LogP contribution is -2.31. The highest BCUT2D eigenvalue weighted by Crippen LogP contribution is 2.18. The molecular weight excluding hydrogens is 364 g/mol. The summed E-state index contributed by atoms with van der Waals surface area (Å²) < 4.78 is 8.47. The van der Waals surface area contributed by atoms with Crippen LogP contribution in [0.5, 0.6) is 5.75 Å². The number of hydrogen-bond donors (Lipinski definition) is 4. The van der Waals surface area contributed by atoms with Crippen LogP contribution in [0.4, 0.5) is 5.95 Å². The summed E-state index contributed by atoms with van der Waals surface area (Å²) in [5.74, 6) is 1.03. The van der Waals surface area contributed by atoms with Crippen LogP contribution in [0.15, 0.2) is 33.9 Å². The van der Waals surface area contributed by atoms with Crippen LogP contribution in [0.3, 0.4) is 0 Å². The molecule has 0 saturated heterocycles. The predicted octanol–water partition coefficient (Wildman–Crippen LogP) is -0.458. The second-order valence-corrected chi connectivity index (χ2v) is 6.48. The van der Waals surface area contributed by atoms with Crippen molar-refractivity contribution in [2.45, 2.75) is 19.6 Å². The molecule has 1 atom stereocenters. The summed E-state index contributed by atoms with van der Waals surface area (Å²) in [5, 5.41) is 13.5. The number of rotatable bonds is 8. The summed E-state index contributed by atoms with van der Waals surface area (Å²) in [5.41, 5.74) is 5.78. The van der Waals surface area contributed by atoms with Gasteiger partial charge in [-0.15, -0.1) is 0 Å². The smallest absolute Gasteiger partial charge is 0.329 e. The Morgan fingerprint density at radius 3 is 2.82 bits per heavy atom. The second kappa shape index (κ2) is 8.28. The van der Waals surface area contributed by atoms with Gasteiger partial charge >= 0.3 is 5.69 Å². The van der Waals surface area contributed by atoms with Gasteiger partial charge < -0.3 is 25.5 Å². The summed E-state index contributed by atoms with van der Waals surface area (Å²) in [6, 6.07) is 7.50. The van der Waals surface area contributed by atoms with Crippen LogP contribution in [0.1, 0.15) is 5.56 Å². The summed E-state index contributed by atoms with van der Waals surface area (Å²) >= 11 is 0. The Kier molecular flexibility index (Phi) is 5.81. The molecule has 10 heteroatoms. The van der Waals surface area contributed by atoms with E-state index >= 15 is 0 Å². The van der Waals surface area contributed by atoms with Gasteiger partial charge in [0.2, 0.25) is 5.95 Å². The lowest BCUT2D eigenvalue weighted by Gasteiger charge is -2.16. The zero-order chi connectivity index (χ0) is 20.3. The van der Waals surface area contributed by atoms with Crippen LogP contribution >= 0.6 is 0 Å². The number of aromatic nitrogens is 4. The van der Waals surface area contributed by atoms with E-state index in [9.17, 15) is 14.7 Å². The van der Waals surface area contributed by atoms with Crippen LogP contribution in [0.25, 0.3) is 11.2 Å². The molecule has 28 heavy (non-hydrogen) atoms. The van der Waals surface area contributed by atoms with E-state index in [1.54, 1.807) is 0 Å². The molecule has 0 aliphatic rings. The van der Waals surface area contributed by atoms with E-state index in [4.69, 9.17) is 10.5 Å². The Hall–Kier alpha value is -3.11. The molecule has 2 aromatic heterocycles. The monoisotopic (exact) mass is 388 g/mol. The van der Waals surface area contributed by atoms with Crippen LogP contribution in [-0.2, 0) is 13.6 Å². The molecule has 0 saturated carbocycles. The van der Waals surface area contributed by atoms with E-state index in [1.165, 1.54) is 16.2 Å². The quantitative estimate of drug-likeness (QED) is 0.409. The molecule has 0 amide bonds. The SMILES string of the molecule is Cc1ccccc1OC[C@H](O)Cn1c(NCCN)nc2c1c(=O)[nH]c(=O)n2C. The third-order valence-electron chi connectivity index (χ3n) is 4.35. The first-order valence-electron chi connectivity index (χ1n) is 8.92. The van der Waals surface area contributed by atoms with Crippen molar-refractivity contribution in [3.63, 3.8) is 0 Å². The van der Waals surface area contributed by atoms with Gasteiger partial charge in [-0.05, 0) is 18.6 Å². The summed E-state index contributed by atoms with van der Waals surface area (Å²) in [4.78, 5) is 30.8. The Morgan fingerprint density at radius 1 is 1.36 bits per heavy atom. The van der Waals surface area contributed by atoms with E-state index < -0.39 is 17.4 Å². The van der Waals surface area contributed by atoms with Crippen molar-refractivity contribution in [1.29, 1.82) is 0 Å². The fourth-order valence-electron chi connectivity index (χ4n) is 2.90. The Labute approximate surface area is 160 Å². The maximum absolute atomic E-state index is 12.4. The van der Waals surface area contributed by atoms with E-state index in [-0.39, 0.29) is 24.3 Å². The van der Waals surface area contributed by atoms with E-state index in [1.807, 2.05) is 31.2 Å². The lowest BCUT2D eigenvalue weighted by atomic mass is 10.2. The third kappa shape index (κ3) is 3.92. The van der Waals surface area contributed by atoms with E-state index in [0.717, 1.165) is 5.56 Å². The van der Waals surface area contributed by atoms with Crippen molar-refractivity contribution >= 4 is 17.1 Å².